The molecule has 18 heavy (non-hydrogen) atoms. The number of nitrogens with one attached hydrogen (secondary N) is 1. The van der Waals surface area contributed by atoms with Crippen LogP contribution in [0.4, 0.5) is 11.6 Å². The fourth-order valence-corrected chi connectivity index (χ4v) is 1.86. The first-order valence-corrected chi connectivity index (χ1v) is 6.68. The van der Waals surface area contributed by atoms with E-state index in [1.165, 1.54) is 12.8 Å². The first kappa shape index (κ1) is 13.1. The zero-order chi connectivity index (χ0) is 13.0. The number of nitrogens with zero attached hydrogens (tertiary/aromatic N) is 2. The predicted molar refractivity (Wildman–Crippen MR) is 72.4 cm³/mol. The Labute approximate surface area is 108 Å². The van der Waals surface area contributed by atoms with Crippen molar-refractivity contribution in [1.29, 1.82) is 0 Å². The lowest BCUT2D eigenvalue weighted by Gasteiger charge is -2.10. The van der Waals surface area contributed by atoms with Crippen LogP contribution in [0.2, 0.25) is 0 Å². The van der Waals surface area contributed by atoms with E-state index in [0.717, 1.165) is 31.0 Å². The predicted octanol–water partition coefficient (Wildman–Crippen LogP) is 1.76. The molecule has 0 radical (unpaired) electrons. The molecule has 0 bridgehead atoms. The molecule has 0 spiro atoms. The molecule has 4 N–H and O–H groups in total. The molecule has 1 atom stereocenters. The van der Waals surface area contributed by atoms with Gasteiger partial charge in [-0.15, -0.1) is 0 Å². The van der Waals surface area contributed by atoms with Crippen LogP contribution in [0.1, 0.15) is 44.3 Å². The lowest BCUT2D eigenvalue weighted by molar-refractivity contribution is 0.229. The van der Waals surface area contributed by atoms with Gasteiger partial charge in [0.05, 0.1) is 0 Å². The summed E-state index contributed by atoms with van der Waals surface area (Å²) < 4.78 is 0. The fraction of sp³-hybridized carbons (Fsp3) is 0.692. The number of hydrogen-bond acceptors (Lipinski definition) is 5. The van der Waals surface area contributed by atoms with Gasteiger partial charge < -0.3 is 16.2 Å². The van der Waals surface area contributed by atoms with E-state index < -0.39 is 0 Å². The maximum Gasteiger partial charge on any atom is 0.136 e. The van der Waals surface area contributed by atoms with Gasteiger partial charge in [-0.3, -0.25) is 0 Å². The third-order valence-electron chi connectivity index (χ3n) is 3.20. The molecule has 1 aromatic heterocycles. The Morgan fingerprint density at radius 1 is 1.50 bits per heavy atom. The van der Waals surface area contributed by atoms with E-state index in [-0.39, 0.29) is 6.61 Å². The molecule has 1 aliphatic carbocycles. The molecule has 0 aliphatic heterocycles. The van der Waals surface area contributed by atoms with Crippen LogP contribution in [-0.2, 0) is 0 Å². The topological polar surface area (TPSA) is 84.1 Å². The Morgan fingerprint density at radius 2 is 2.28 bits per heavy atom. The summed E-state index contributed by atoms with van der Waals surface area (Å²) in [6.07, 6.45) is 4.39. The minimum absolute atomic E-state index is 0.256. The molecular formula is C13H22N4O. The van der Waals surface area contributed by atoms with Gasteiger partial charge in [0.25, 0.3) is 0 Å². The highest BCUT2D eigenvalue weighted by Gasteiger charge is 2.27. The van der Waals surface area contributed by atoms with Gasteiger partial charge in [0, 0.05) is 25.1 Å². The number of rotatable bonds is 7. The van der Waals surface area contributed by atoms with Gasteiger partial charge in [-0.25, -0.2) is 9.97 Å². The number of anilines is 2. The summed E-state index contributed by atoms with van der Waals surface area (Å²) in [5.74, 6) is 3.12. The van der Waals surface area contributed by atoms with E-state index in [4.69, 9.17) is 10.8 Å². The van der Waals surface area contributed by atoms with Crippen molar-refractivity contribution < 1.29 is 5.11 Å². The second-order valence-corrected chi connectivity index (χ2v) is 5.17. The highest BCUT2D eigenvalue weighted by atomic mass is 16.3. The van der Waals surface area contributed by atoms with Crippen molar-refractivity contribution in [3.05, 3.63) is 11.9 Å². The Morgan fingerprint density at radius 3 is 2.94 bits per heavy atom. The number of aromatic nitrogens is 2. The SMILES string of the molecule is CC(CO)CCCNc1cc(N)nc(C2CC2)n1. The minimum atomic E-state index is 0.256. The van der Waals surface area contributed by atoms with Gasteiger partial charge in [0.2, 0.25) is 0 Å². The third-order valence-corrected chi connectivity index (χ3v) is 3.20. The number of nitrogen functional groups attached to an aromatic ring is 1. The maximum atomic E-state index is 8.93. The van der Waals surface area contributed by atoms with Gasteiger partial charge in [-0.05, 0) is 31.6 Å². The summed E-state index contributed by atoms with van der Waals surface area (Å²) in [6, 6.07) is 1.78. The van der Waals surface area contributed by atoms with Crippen LogP contribution in [-0.4, -0.2) is 28.2 Å². The Bertz CT molecular complexity index is 393. The van der Waals surface area contributed by atoms with Crippen LogP contribution in [0.25, 0.3) is 0 Å². The average Bonchev–Trinajstić information content (AvgIpc) is 3.17. The van der Waals surface area contributed by atoms with Gasteiger partial charge >= 0.3 is 0 Å². The lowest BCUT2D eigenvalue weighted by atomic mass is 10.1. The largest absolute Gasteiger partial charge is 0.396 e. The van der Waals surface area contributed by atoms with Crippen LogP contribution in [0.15, 0.2) is 6.07 Å². The molecule has 1 unspecified atom stereocenters. The number of nitrogens with two attached hydrogens (primary N) is 1. The van der Waals surface area contributed by atoms with Crippen LogP contribution in [0, 0.1) is 5.92 Å². The van der Waals surface area contributed by atoms with Crippen molar-refractivity contribution in [2.45, 2.75) is 38.5 Å². The molecule has 100 valence electrons. The van der Waals surface area contributed by atoms with Gasteiger partial charge in [-0.2, -0.15) is 0 Å². The summed E-state index contributed by atoms with van der Waals surface area (Å²) in [7, 11) is 0. The number of aliphatic hydroxyl groups excluding tert-OH is 1. The van der Waals surface area contributed by atoms with Crippen LogP contribution in [0.5, 0.6) is 0 Å². The smallest absolute Gasteiger partial charge is 0.136 e. The van der Waals surface area contributed by atoms with Crippen molar-refractivity contribution in [2.24, 2.45) is 5.92 Å². The molecule has 1 saturated carbocycles. The second kappa shape index (κ2) is 6.00. The summed E-state index contributed by atoms with van der Waals surface area (Å²) in [6.45, 7) is 3.16. The normalized spacial score (nSPS) is 16.6. The van der Waals surface area contributed by atoms with E-state index >= 15 is 0 Å². The van der Waals surface area contributed by atoms with Crippen molar-refractivity contribution in [1.82, 2.24) is 9.97 Å². The average molecular weight is 250 g/mol. The van der Waals surface area contributed by atoms with Gasteiger partial charge in [0.15, 0.2) is 0 Å². The first-order chi connectivity index (χ1) is 8.69. The molecule has 1 aromatic rings. The highest BCUT2D eigenvalue weighted by molar-refractivity contribution is 5.45. The molecule has 0 amide bonds. The first-order valence-electron chi connectivity index (χ1n) is 6.68. The number of aliphatic hydroxyl groups is 1. The highest BCUT2D eigenvalue weighted by Crippen LogP contribution is 2.38. The van der Waals surface area contributed by atoms with Crippen LogP contribution in [0.3, 0.4) is 0 Å². The Hall–Kier alpha value is -1.36. The lowest BCUT2D eigenvalue weighted by Crippen LogP contribution is -2.09. The summed E-state index contributed by atoms with van der Waals surface area (Å²) in [5.41, 5.74) is 5.77. The summed E-state index contributed by atoms with van der Waals surface area (Å²) >= 11 is 0. The third kappa shape index (κ3) is 3.84. The van der Waals surface area contributed by atoms with Crippen molar-refractivity contribution in [3.63, 3.8) is 0 Å². The molecular weight excluding hydrogens is 228 g/mol. The monoisotopic (exact) mass is 250 g/mol. The molecule has 2 rings (SSSR count). The molecule has 5 heteroatoms. The van der Waals surface area contributed by atoms with Gasteiger partial charge in [-0.1, -0.05) is 6.92 Å². The second-order valence-electron chi connectivity index (χ2n) is 5.17. The van der Waals surface area contributed by atoms with Crippen LogP contribution < -0.4 is 11.1 Å². The zero-order valence-corrected chi connectivity index (χ0v) is 10.9. The number of hydrogen-bond donors (Lipinski definition) is 3. The maximum absolute atomic E-state index is 8.93. The van der Waals surface area contributed by atoms with E-state index in [1.807, 2.05) is 6.92 Å². The fourth-order valence-electron chi connectivity index (χ4n) is 1.86. The molecule has 0 saturated heterocycles. The molecule has 1 fully saturated rings. The summed E-state index contributed by atoms with van der Waals surface area (Å²) in [5, 5.41) is 12.2. The van der Waals surface area contributed by atoms with Crippen molar-refractivity contribution in [2.75, 3.05) is 24.2 Å². The summed E-state index contributed by atoms with van der Waals surface area (Å²) in [4.78, 5) is 8.74. The molecule has 5 nitrogen and oxygen atoms in total. The minimum Gasteiger partial charge on any atom is -0.396 e. The molecule has 1 heterocycles. The zero-order valence-electron chi connectivity index (χ0n) is 10.9. The van der Waals surface area contributed by atoms with E-state index in [2.05, 4.69) is 15.3 Å². The van der Waals surface area contributed by atoms with E-state index in [0.29, 0.717) is 17.7 Å². The standard InChI is InChI=1S/C13H22N4O/c1-9(8-18)3-2-6-15-12-7-11(14)16-13(17-12)10-4-5-10/h7,9-10,18H,2-6,8H2,1H3,(H3,14,15,16,17). The van der Waals surface area contributed by atoms with Crippen molar-refractivity contribution in [3.8, 4) is 0 Å². The molecule has 0 aromatic carbocycles. The van der Waals surface area contributed by atoms with Gasteiger partial charge in [0.1, 0.15) is 17.5 Å². The Kier molecular flexibility index (Phi) is 4.36. The molecule has 1 aliphatic rings. The van der Waals surface area contributed by atoms with Crippen LogP contribution >= 0.6 is 0 Å². The van der Waals surface area contributed by atoms with Crippen molar-refractivity contribution >= 4 is 11.6 Å². The Balaban J connectivity index is 1.81. The van der Waals surface area contributed by atoms with E-state index in [1.54, 1.807) is 6.07 Å². The van der Waals surface area contributed by atoms with E-state index in [9.17, 15) is 0 Å². The quantitative estimate of drug-likeness (QED) is 0.642.